The molecule has 3 aromatic rings. The monoisotopic (exact) mass is 394 g/mol. The number of hydrogen-bond donors (Lipinski definition) is 2. The van der Waals surface area contributed by atoms with Gasteiger partial charge in [0.25, 0.3) is 11.6 Å². The Morgan fingerprint density at radius 2 is 1.89 bits per heavy atom. The van der Waals surface area contributed by atoms with Gasteiger partial charge in [-0.3, -0.25) is 25.0 Å². The minimum atomic E-state index is -0.488. The van der Waals surface area contributed by atoms with Crippen LogP contribution in [0.25, 0.3) is 6.08 Å². The molecule has 0 spiro atoms. The number of anilines is 2. The van der Waals surface area contributed by atoms with Crippen LogP contribution in [-0.2, 0) is 4.79 Å². The summed E-state index contributed by atoms with van der Waals surface area (Å²) in [6.45, 7) is 0. The number of hydrogen-bond acceptors (Lipinski definition) is 6. The number of benzene rings is 2. The zero-order valence-corrected chi connectivity index (χ0v) is 15.2. The summed E-state index contributed by atoms with van der Waals surface area (Å²) >= 11 is 1.31. The van der Waals surface area contributed by atoms with Crippen LogP contribution in [0.5, 0.6) is 0 Å². The molecule has 0 aliphatic rings. The van der Waals surface area contributed by atoms with Crippen molar-refractivity contribution in [3.8, 4) is 0 Å². The normalized spacial score (nSPS) is 10.6. The minimum absolute atomic E-state index is 0.0190. The molecule has 0 unspecified atom stereocenters. The van der Waals surface area contributed by atoms with Crippen LogP contribution in [0.15, 0.2) is 66.2 Å². The van der Waals surface area contributed by atoms with E-state index < -0.39 is 10.8 Å². The van der Waals surface area contributed by atoms with E-state index in [4.69, 9.17) is 0 Å². The maximum atomic E-state index is 12.2. The molecule has 0 aliphatic heterocycles. The van der Waals surface area contributed by atoms with Gasteiger partial charge in [0.1, 0.15) is 0 Å². The van der Waals surface area contributed by atoms with Gasteiger partial charge in [-0.1, -0.05) is 6.07 Å². The second-order valence-electron chi connectivity index (χ2n) is 5.54. The quantitative estimate of drug-likeness (QED) is 0.373. The lowest BCUT2D eigenvalue weighted by Gasteiger charge is -2.06. The second-order valence-corrected chi connectivity index (χ2v) is 6.44. The Balaban J connectivity index is 1.62. The number of nitro groups is 1. The number of amides is 2. The lowest BCUT2D eigenvalue weighted by atomic mass is 10.2. The molecule has 1 heterocycles. The van der Waals surface area contributed by atoms with Gasteiger partial charge in [-0.2, -0.15) is 0 Å². The van der Waals surface area contributed by atoms with E-state index in [9.17, 15) is 19.7 Å². The maximum Gasteiger partial charge on any atom is 0.269 e. The molecule has 2 N–H and O–H groups in total. The molecule has 9 heteroatoms. The third kappa shape index (κ3) is 5.08. The van der Waals surface area contributed by atoms with Gasteiger partial charge in [-0.05, 0) is 42.0 Å². The van der Waals surface area contributed by atoms with Crippen molar-refractivity contribution in [2.75, 3.05) is 10.6 Å². The summed E-state index contributed by atoms with van der Waals surface area (Å²) in [6.07, 6.45) is 4.44. The first-order valence-corrected chi connectivity index (χ1v) is 8.94. The fourth-order valence-electron chi connectivity index (χ4n) is 2.26. The highest BCUT2D eigenvalue weighted by Crippen LogP contribution is 2.16. The Kier molecular flexibility index (Phi) is 5.87. The van der Waals surface area contributed by atoms with Crippen LogP contribution in [0.1, 0.15) is 15.9 Å². The van der Waals surface area contributed by atoms with E-state index in [1.54, 1.807) is 48.0 Å². The molecule has 8 nitrogen and oxygen atoms in total. The average molecular weight is 394 g/mol. The number of nitrogens with zero attached hydrogens (tertiary/aromatic N) is 2. The van der Waals surface area contributed by atoms with Gasteiger partial charge in [0, 0.05) is 41.0 Å². The molecular formula is C19H14N4O4S. The van der Waals surface area contributed by atoms with Crippen molar-refractivity contribution < 1.29 is 14.5 Å². The SMILES string of the molecule is O=C(/C=C/c1ccc([N+](=O)[O-])cc1)Nc1cccc(C(=O)Nc2nccs2)c1. The fourth-order valence-corrected chi connectivity index (χ4v) is 2.78. The predicted molar refractivity (Wildman–Crippen MR) is 107 cm³/mol. The molecule has 140 valence electrons. The minimum Gasteiger partial charge on any atom is -0.322 e. The summed E-state index contributed by atoms with van der Waals surface area (Å²) < 4.78 is 0. The lowest BCUT2D eigenvalue weighted by Crippen LogP contribution is -2.13. The van der Waals surface area contributed by atoms with Crippen LogP contribution in [0, 0.1) is 10.1 Å². The van der Waals surface area contributed by atoms with Crippen molar-refractivity contribution >= 4 is 45.7 Å². The zero-order chi connectivity index (χ0) is 19.9. The number of nitrogens with one attached hydrogen (secondary N) is 2. The molecule has 0 saturated heterocycles. The molecule has 0 bridgehead atoms. The Morgan fingerprint density at radius 1 is 1.11 bits per heavy atom. The Morgan fingerprint density at radius 3 is 2.57 bits per heavy atom. The van der Waals surface area contributed by atoms with E-state index in [2.05, 4.69) is 15.6 Å². The molecule has 2 aromatic carbocycles. The molecule has 0 atom stereocenters. The molecule has 3 rings (SSSR count). The topological polar surface area (TPSA) is 114 Å². The van der Waals surface area contributed by atoms with Crippen molar-refractivity contribution in [2.45, 2.75) is 0 Å². The lowest BCUT2D eigenvalue weighted by molar-refractivity contribution is -0.384. The number of aromatic nitrogens is 1. The largest absolute Gasteiger partial charge is 0.322 e. The van der Waals surface area contributed by atoms with Crippen LogP contribution in [-0.4, -0.2) is 21.7 Å². The summed E-state index contributed by atoms with van der Waals surface area (Å²) in [7, 11) is 0. The molecule has 1 aromatic heterocycles. The fraction of sp³-hybridized carbons (Fsp3) is 0. The van der Waals surface area contributed by atoms with Gasteiger partial charge >= 0.3 is 0 Å². The second kappa shape index (κ2) is 8.69. The number of thiazole rings is 1. The molecular weight excluding hydrogens is 380 g/mol. The predicted octanol–water partition coefficient (Wildman–Crippen LogP) is 3.96. The van der Waals surface area contributed by atoms with E-state index >= 15 is 0 Å². The molecule has 0 radical (unpaired) electrons. The number of carbonyl (C=O) groups excluding carboxylic acids is 2. The standard InChI is InChI=1S/C19H14N4O4S/c24-17(9-6-13-4-7-16(8-5-13)23(26)27)21-15-3-1-2-14(12-15)18(25)22-19-20-10-11-28-19/h1-12H,(H,21,24)(H,20,22,25)/b9-6+. The Labute approximate surface area is 163 Å². The maximum absolute atomic E-state index is 12.2. The third-order valence-corrected chi connectivity index (χ3v) is 4.26. The highest BCUT2D eigenvalue weighted by Gasteiger charge is 2.09. The van der Waals surface area contributed by atoms with Gasteiger partial charge in [-0.15, -0.1) is 11.3 Å². The van der Waals surface area contributed by atoms with Crippen molar-refractivity contribution in [2.24, 2.45) is 0 Å². The smallest absolute Gasteiger partial charge is 0.269 e. The van der Waals surface area contributed by atoms with Crippen molar-refractivity contribution in [1.82, 2.24) is 4.98 Å². The van der Waals surface area contributed by atoms with E-state index in [1.807, 2.05) is 0 Å². The molecule has 0 saturated carbocycles. The highest BCUT2D eigenvalue weighted by atomic mass is 32.1. The average Bonchev–Trinajstić information content (AvgIpc) is 3.20. The first-order chi connectivity index (χ1) is 13.5. The van der Waals surface area contributed by atoms with Crippen LogP contribution < -0.4 is 10.6 Å². The molecule has 28 heavy (non-hydrogen) atoms. The summed E-state index contributed by atoms with van der Waals surface area (Å²) in [5.74, 6) is -0.719. The van der Waals surface area contributed by atoms with Gasteiger partial charge in [-0.25, -0.2) is 4.98 Å². The summed E-state index contributed by atoms with van der Waals surface area (Å²) in [5.41, 5.74) is 1.48. The summed E-state index contributed by atoms with van der Waals surface area (Å²) in [4.78, 5) is 38.4. The number of rotatable bonds is 6. The van der Waals surface area contributed by atoms with Crippen LogP contribution in [0.4, 0.5) is 16.5 Å². The van der Waals surface area contributed by atoms with E-state index in [0.29, 0.717) is 21.9 Å². The number of carbonyl (C=O) groups is 2. The van der Waals surface area contributed by atoms with Gasteiger partial charge in [0.2, 0.25) is 5.91 Å². The van der Waals surface area contributed by atoms with Crippen molar-refractivity contribution in [3.05, 3.63) is 87.4 Å². The highest BCUT2D eigenvalue weighted by molar-refractivity contribution is 7.13. The zero-order valence-electron chi connectivity index (χ0n) is 14.4. The first-order valence-electron chi connectivity index (χ1n) is 8.06. The Bertz CT molecular complexity index is 1030. The van der Waals surface area contributed by atoms with Gasteiger partial charge in [0.05, 0.1) is 4.92 Å². The number of nitro benzene ring substituents is 1. The van der Waals surface area contributed by atoms with Crippen LogP contribution in [0.3, 0.4) is 0 Å². The third-order valence-electron chi connectivity index (χ3n) is 3.58. The molecule has 2 amide bonds. The van der Waals surface area contributed by atoms with E-state index in [1.165, 1.54) is 35.6 Å². The molecule has 0 aliphatic carbocycles. The van der Waals surface area contributed by atoms with E-state index in [0.717, 1.165) is 0 Å². The summed E-state index contributed by atoms with van der Waals surface area (Å²) in [6, 6.07) is 12.3. The number of non-ortho nitro benzene ring substituents is 1. The van der Waals surface area contributed by atoms with Crippen molar-refractivity contribution in [1.29, 1.82) is 0 Å². The molecule has 0 fully saturated rings. The van der Waals surface area contributed by atoms with E-state index in [-0.39, 0.29) is 11.6 Å². The van der Waals surface area contributed by atoms with Gasteiger partial charge in [0.15, 0.2) is 5.13 Å². The Hall–Kier alpha value is -3.85. The summed E-state index contributed by atoms with van der Waals surface area (Å²) in [5, 5.41) is 18.2. The van der Waals surface area contributed by atoms with Gasteiger partial charge < -0.3 is 5.32 Å². The first kappa shape index (κ1) is 18.9. The van der Waals surface area contributed by atoms with Crippen LogP contribution in [0.2, 0.25) is 0 Å². The van der Waals surface area contributed by atoms with Crippen LogP contribution >= 0.6 is 11.3 Å². The van der Waals surface area contributed by atoms with Crippen molar-refractivity contribution in [3.63, 3.8) is 0 Å².